The van der Waals surface area contributed by atoms with Crippen LogP contribution in [-0.2, 0) is 7.05 Å². The Morgan fingerprint density at radius 1 is 1.48 bits per heavy atom. The molecule has 1 aliphatic rings. The van der Waals surface area contributed by atoms with E-state index in [1.807, 2.05) is 12.1 Å². The first-order valence-corrected chi connectivity index (χ1v) is 8.63. The predicted molar refractivity (Wildman–Crippen MR) is 102 cm³/mol. The highest BCUT2D eigenvalue weighted by Gasteiger charge is 2.40. The van der Waals surface area contributed by atoms with Crippen molar-refractivity contribution < 1.29 is 9.47 Å². The van der Waals surface area contributed by atoms with Crippen LogP contribution in [0.1, 0.15) is 18.0 Å². The first-order chi connectivity index (χ1) is 13.0. The average molecular weight is 372 g/mol. The van der Waals surface area contributed by atoms with Crippen molar-refractivity contribution in [3.8, 4) is 11.6 Å². The van der Waals surface area contributed by atoms with Crippen LogP contribution >= 0.6 is 0 Å². The maximum Gasteiger partial charge on any atom is 0.290 e. The van der Waals surface area contributed by atoms with Crippen molar-refractivity contribution in [2.75, 3.05) is 25.6 Å². The molecular formula is C18H24N6O3. The summed E-state index contributed by atoms with van der Waals surface area (Å²) < 4.78 is 12.2. The van der Waals surface area contributed by atoms with E-state index >= 15 is 0 Å². The molecule has 0 spiro atoms. The molecule has 0 aliphatic heterocycles. The number of aryl methyl sites for hydroxylation is 1. The Labute approximate surface area is 157 Å². The van der Waals surface area contributed by atoms with E-state index in [1.54, 1.807) is 26.4 Å². The number of hydrogen-bond donors (Lipinski definition) is 3. The van der Waals surface area contributed by atoms with Gasteiger partial charge in [0.15, 0.2) is 0 Å². The van der Waals surface area contributed by atoms with Crippen LogP contribution in [0.5, 0.6) is 11.6 Å². The maximum absolute atomic E-state index is 12.1. The van der Waals surface area contributed by atoms with Crippen LogP contribution in [0.3, 0.4) is 0 Å². The SMILES string of the molecule is COc1ccc(C2CC2COc2cc(NC/C(N)=C/N)c(=O)n(C)n2)nc1. The molecular weight excluding hydrogens is 348 g/mol. The molecule has 1 aliphatic carbocycles. The zero-order chi connectivity index (χ0) is 19.4. The van der Waals surface area contributed by atoms with Crippen molar-refractivity contribution in [1.29, 1.82) is 0 Å². The van der Waals surface area contributed by atoms with E-state index in [1.165, 1.54) is 10.9 Å². The minimum atomic E-state index is -0.265. The number of hydrogen-bond acceptors (Lipinski definition) is 8. The Hall–Kier alpha value is -3.23. The van der Waals surface area contributed by atoms with Gasteiger partial charge in [-0.3, -0.25) is 9.78 Å². The molecule has 0 bridgehead atoms. The summed E-state index contributed by atoms with van der Waals surface area (Å²) in [6, 6.07) is 5.47. The number of pyridine rings is 1. The fourth-order valence-corrected chi connectivity index (χ4v) is 2.75. The van der Waals surface area contributed by atoms with Gasteiger partial charge in [0.05, 0.1) is 26.5 Å². The number of nitrogens with one attached hydrogen (secondary N) is 1. The normalized spacial score (nSPS) is 18.8. The second-order valence-electron chi connectivity index (χ2n) is 6.46. The molecule has 0 radical (unpaired) electrons. The van der Waals surface area contributed by atoms with Crippen molar-refractivity contribution in [1.82, 2.24) is 14.8 Å². The minimum absolute atomic E-state index is 0.265. The molecule has 0 saturated heterocycles. The summed E-state index contributed by atoms with van der Waals surface area (Å²) in [6.07, 6.45) is 4.02. The van der Waals surface area contributed by atoms with Crippen molar-refractivity contribution >= 4 is 5.69 Å². The number of rotatable bonds is 8. The van der Waals surface area contributed by atoms with Gasteiger partial charge in [0.2, 0.25) is 5.88 Å². The summed E-state index contributed by atoms with van der Waals surface area (Å²) in [6.45, 7) is 0.775. The van der Waals surface area contributed by atoms with Gasteiger partial charge >= 0.3 is 0 Å². The van der Waals surface area contributed by atoms with Crippen LogP contribution in [0.25, 0.3) is 0 Å². The highest BCUT2D eigenvalue weighted by atomic mass is 16.5. The Kier molecular flexibility index (Phi) is 5.49. The third-order valence-corrected chi connectivity index (χ3v) is 4.48. The van der Waals surface area contributed by atoms with Crippen molar-refractivity contribution in [3.63, 3.8) is 0 Å². The lowest BCUT2D eigenvalue weighted by molar-refractivity contribution is 0.278. The lowest BCUT2D eigenvalue weighted by Crippen LogP contribution is -2.25. The molecule has 144 valence electrons. The molecule has 0 aromatic carbocycles. The van der Waals surface area contributed by atoms with E-state index < -0.39 is 0 Å². The maximum atomic E-state index is 12.1. The van der Waals surface area contributed by atoms with E-state index in [-0.39, 0.29) is 12.1 Å². The Morgan fingerprint density at radius 2 is 2.30 bits per heavy atom. The fourth-order valence-electron chi connectivity index (χ4n) is 2.75. The number of methoxy groups -OCH3 is 1. The van der Waals surface area contributed by atoms with Gasteiger partial charge in [-0.15, -0.1) is 5.10 Å². The molecule has 2 atom stereocenters. The van der Waals surface area contributed by atoms with E-state index in [4.69, 9.17) is 20.9 Å². The van der Waals surface area contributed by atoms with E-state index in [0.717, 1.165) is 17.9 Å². The monoisotopic (exact) mass is 372 g/mol. The summed E-state index contributed by atoms with van der Waals surface area (Å²) in [5.74, 6) is 1.86. The number of aromatic nitrogens is 3. The molecule has 5 N–H and O–H groups in total. The predicted octanol–water partition coefficient (Wildman–Crippen LogP) is 0.537. The molecule has 0 amide bonds. The largest absolute Gasteiger partial charge is 0.495 e. The quantitative estimate of drug-likeness (QED) is 0.612. The second kappa shape index (κ2) is 7.98. The molecule has 2 heterocycles. The number of anilines is 1. The van der Waals surface area contributed by atoms with Gasteiger partial charge < -0.3 is 26.3 Å². The van der Waals surface area contributed by atoms with E-state index in [0.29, 0.717) is 35.7 Å². The molecule has 2 unspecified atom stereocenters. The van der Waals surface area contributed by atoms with Crippen molar-refractivity contribution in [2.24, 2.45) is 24.4 Å². The van der Waals surface area contributed by atoms with Crippen molar-refractivity contribution in [3.05, 3.63) is 52.3 Å². The van der Waals surface area contributed by atoms with Crippen LogP contribution in [0.4, 0.5) is 5.69 Å². The lowest BCUT2D eigenvalue weighted by Gasteiger charge is -2.10. The number of nitrogens with zero attached hydrogens (tertiary/aromatic N) is 3. The van der Waals surface area contributed by atoms with Crippen LogP contribution in [-0.4, -0.2) is 35.0 Å². The first kappa shape index (κ1) is 18.6. The van der Waals surface area contributed by atoms with Crippen molar-refractivity contribution in [2.45, 2.75) is 12.3 Å². The molecule has 2 aromatic heterocycles. The third kappa shape index (κ3) is 4.49. The van der Waals surface area contributed by atoms with Gasteiger partial charge in [-0.2, -0.15) is 0 Å². The van der Waals surface area contributed by atoms with Crippen LogP contribution in [0.2, 0.25) is 0 Å². The third-order valence-electron chi connectivity index (χ3n) is 4.48. The molecule has 3 rings (SSSR count). The summed E-state index contributed by atoms with van der Waals surface area (Å²) in [5.41, 5.74) is 12.5. The van der Waals surface area contributed by atoms with E-state index in [9.17, 15) is 4.79 Å². The molecule has 9 heteroatoms. The topological polar surface area (TPSA) is 130 Å². The Bertz CT molecular complexity index is 878. The van der Waals surface area contributed by atoms with Crippen LogP contribution < -0.4 is 31.8 Å². The van der Waals surface area contributed by atoms with Gasteiger partial charge in [0, 0.05) is 42.5 Å². The zero-order valence-electron chi connectivity index (χ0n) is 15.4. The van der Waals surface area contributed by atoms with Gasteiger partial charge in [-0.25, -0.2) is 4.68 Å². The summed E-state index contributed by atoms with van der Waals surface area (Å²) >= 11 is 0. The standard InChI is InChI=1S/C18H24N6O3/c1-24-18(25)16(21-8-12(20)7-19)6-17(23-24)27-10-11-5-14(11)15-4-3-13(26-2)9-22-15/h3-4,6-7,9,11,14,21H,5,8,10,19-20H2,1-2H3/b12-7-. The number of ether oxygens (including phenoxy) is 2. The number of nitrogens with two attached hydrogens (primary N) is 2. The fraction of sp³-hybridized carbons (Fsp3) is 0.389. The lowest BCUT2D eigenvalue weighted by atomic mass is 10.2. The van der Waals surface area contributed by atoms with Gasteiger partial charge in [-0.1, -0.05) is 0 Å². The molecule has 27 heavy (non-hydrogen) atoms. The highest BCUT2D eigenvalue weighted by Crippen LogP contribution is 2.46. The summed E-state index contributed by atoms with van der Waals surface area (Å²) in [7, 11) is 3.19. The second-order valence-corrected chi connectivity index (χ2v) is 6.46. The highest BCUT2D eigenvalue weighted by molar-refractivity contribution is 5.44. The summed E-state index contributed by atoms with van der Waals surface area (Å²) in [5, 5.41) is 7.09. The first-order valence-electron chi connectivity index (χ1n) is 8.63. The van der Waals surface area contributed by atoms with Gasteiger partial charge in [0.1, 0.15) is 11.4 Å². The molecule has 9 nitrogen and oxygen atoms in total. The zero-order valence-corrected chi connectivity index (χ0v) is 15.4. The van der Waals surface area contributed by atoms with Gasteiger partial charge in [-0.05, 0) is 18.6 Å². The van der Waals surface area contributed by atoms with E-state index in [2.05, 4.69) is 15.4 Å². The molecule has 1 saturated carbocycles. The van der Waals surface area contributed by atoms with Gasteiger partial charge in [0.25, 0.3) is 5.56 Å². The molecule has 2 aromatic rings. The Morgan fingerprint density at radius 3 is 2.96 bits per heavy atom. The van der Waals surface area contributed by atoms with Crippen LogP contribution in [0.15, 0.2) is 41.1 Å². The van der Waals surface area contributed by atoms with Crippen LogP contribution in [0, 0.1) is 5.92 Å². The summed E-state index contributed by atoms with van der Waals surface area (Å²) in [4.78, 5) is 16.6. The minimum Gasteiger partial charge on any atom is -0.495 e. The smallest absolute Gasteiger partial charge is 0.290 e. The Balaban J connectivity index is 1.59. The molecule has 1 fully saturated rings. The average Bonchev–Trinajstić information content (AvgIpc) is 3.47.